The Balaban J connectivity index is 1.59. The van der Waals surface area contributed by atoms with Crippen LogP contribution in [-0.2, 0) is 16.1 Å². The standard InChI is InChI=1S/C20H24N4O3/c1-2-21-19(25)17-12-15(8-9-22-17)23-13-14-5-3-6-16(11-14)24-20(26)18-7-4-10-27-18/h3,5-6,8-9,11-12,18H,2,4,7,10,13H2,1H3,(H,21,25)(H,22,23)(H,24,26)/t18-/m1/s1. The molecule has 2 amide bonds. The second-order valence-corrected chi connectivity index (χ2v) is 6.33. The summed E-state index contributed by atoms with van der Waals surface area (Å²) in [5, 5.41) is 8.91. The van der Waals surface area contributed by atoms with Gasteiger partial charge in [0, 0.05) is 37.3 Å². The van der Waals surface area contributed by atoms with Crippen LogP contribution in [0.25, 0.3) is 0 Å². The van der Waals surface area contributed by atoms with Gasteiger partial charge >= 0.3 is 0 Å². The number of amides is 2. The first-order valence-electron chi connectivity index (χ1n) is 9.15. The van der Waals surface area contributed by atoms with E-state index in [4.69, 9.17) is 4.74 Å². The molecule has 3 rings (SSSR count). The fourth-order valence-corrected chi connectivity index (χ4v) is 2.89. The van der Waals surface area contributed by atoms with Crippen LogP contribution in [0, 0.1) is 0 Å². The predicted molar refractivity (Wildman–Crippen MR) is 104 cm³/mol. The van der Waals surface area contributed by atoms with Crippen molar-refractivity contribution in [1.29, 1.82) is 0 Å². The molecule has 0 spiro atoms. The lowest BCUT2D eigenvalue weighted by atomic mass is 10.1. The van der Waals surface area contributed by atoms with Crippen molar-refractivity contribution in [1.82, 2.24) is 10.3 Å². The average Bonchev–Trinajstić information content (AvgIpc) is 3.22. The number of ether oxygens (including phenoxy) is 1. The molecule has 2 heterocycles. The molecule has 1 aromatic heterocycles. The Morgan fingerprint density at radius 3 is 2.89 bits per heavy atom. The lowest BCUT2D eigenvalue weighted by Gasteiger charge is -2.12. The van der Waals surface area contributed by atoms with Crippen LogP contribution >= 0.6 is 0 Å². The minimum Gasteiger partial charge on any atom is -0.381 e. The Morgan fingerprint density at radius 1 is 1.22 bits per heavy atom. The summed E-state index contributed by atoms with van der Waals surface area (Å²) in [4.78, 5) is 28.1. The summed E-state index contributed by atoms with van der Waals surface area (Å²) in [5.41, 5.74) is 2.93. The van der Waals surface area contributed by atoms with Gasteiger partial charge in [0.25, 0.3) is 11.8 Å². The van der Waals surface area contributed by atoms with E-state index in [0.717, 1.165) is 29.8 Å². The van der Waals surface area contributed by atoms with Crippen molar-refractivity contribution in [2.45, 2.75) is 32.4 Å². The molecule has 0 radical (unpaired) electrons. The van der Waals surface area contributed by atoms with E-state index in [1.807, 2.05) is 37.3 Å². The molecule has 27 heavy (non-hydrogen) atoms. The number of aromatic nitrogens is 1. The van der Waals surface area contributed by atoms with E-state index < -0.39 is 0 Å². The largest absolute Gasteiger partial charge is 0.381 e. The van der Waals surface area contributed by atoms with E-state index in [-0.39, 0.29) is 17.9 Å². The fourth-order valence-electron chi connectivity index (χ4n) is 2.89. The third-order valence-corrected chi connectivity index (χ3v) is 4.24. The van der Waals surface area contributed by atoms with Gasteiger partial charge in [-0.2, -0.15) is 0 Å². The summed E-state index contributed by atoms with van der Waals surface area (Å²) in [6.07, 6.45) is 2.94. The molecule has 0 aliphatic carbocycles. The van der Waals surface area contributed by atoms with Crippen LogP contribution in [-0.4, -0.2) is 36.1 Å². The quantitative estimate of drug-likeness (QED) is 0.698. The highest BCUT2D eigenvalue weighted by molar-refractivity contribution is 5.94. The number of nitrogens with zero attached hydrogens (tertiary/aromatic N) is 1. The number of carbonyl (C=O) groups excluding carboxylic acids is 2. The average molecular weight is 368 g/mol. The number of anilines is 2. The van der Waals surface area contributed by atoms with Crippen LogP contribution in [0.3, 0.4) is 0 Å². The van der Waals surface area contributed by atoms with Crippen LogP contribution in [0.5, 0.6) is 0 Å². The van der Waals surface area contributed by atoms with Crippen molar-refractivity contribution in [2.75, 3.05) is 23.8 Å². The van der Waals surface area contributed by atoms with Gasteiger partial charge in [-0.1, -0.05) is 12.1 Å². The Labute approximate surface area is 158 Å². The molecule has 0 bridgehead atoms. The molecule has 1 aliphatic heterocycles. The summed E-state index contributed by atoms with van der Waals surface area (Å²) in [6, 6.07) is 11.2. The lowest BCUT2D eigenvalue weighted by Crippen LogP contribution is -2.26. The van der Waals surface area contributed by atoms with Crippen molar-refractivity contribution in [2.24, 2.45) is 0 Å². The highest BCUT2D eigenvalue weighted by Gasteiger charge is 2.23. The van der Waals surface area contributed by atoms with E-state index in [0.29, 0.717) is 25.4 Å². The monoisotopic (exact) mass is 368 g/mol. The zero-order chi connectivity index (χ0) is 19.1. The van der Waals surface area contributed by atoms with Crippen LogP contribution in [0.1, 0.15) is 35.8 Å². The molecule has 0 saturated carbocycles. The number of hydrogen-bond acceptors (Lipinski definition) is 5. The maximum absolute atomic E-state index is 12.2. The third kappa shape index (κ3) is 5.27. The lowest BCUT2D eigenvalue weighted by molar-refractivity contribution is -0.124. The second kappa shape index (κ2) is 9.14. The molecule has 1 saturated heterocycles. The molecule has 0 unspecified atom stereocenters. The molecule has 2 aromatic rings. The summed E-state index contributed by atoms with van der Waals surface area (Å²) < 4.78 is 5.41. The van der Waals surface area contributed by atoms with Gasteiger partial charge in [-0.25, -0.2) is 0 Å². The molecule has 1 aromatic carbocycles. The van der Waals surface area contributed by atoms with Crippen LogP contribution in [0.2, 0.25) is 0 Å². The van der Waals surface area contributed by atoms with Gasteiger partial charge in [0.15, 0.2) is 0 Å². The van der Waals surface area contributed by atoms with E-state index in [1.165, 1.54) is 0 Å². The van der Waals surface area contributed by atoms with Crippen molar-refractivity contribution < 1.29 is 14.3 Å². The van der Waals surface area contributed by atoms with Crippen molar-refractivity contribution in [3.05, 3.63) is 53.9 Å². The minimum absolute atomic E-state index is 0.0988. The van der Waals surface area contributed by atoms with Gasteiger partial charge in [-0.15, -0.1) is 0 Å². The zero-order valence-electron chi connectivity index (χ0n) is 15.3. The summed E-state index contributed by atoms with van der Waals surface area (Å²) >= 11 is 0. The molecule has 142 valence electrons. The Bertz CT molecular complexity index is 803. The smallest absolute Gasteiger partial charge is 0.269 e. The number of pyridine rings is 1. The fraction of sp³-hybridized carbons (Fsp3) is 0.350. The summed E-state index contributed by atoms with van der Waals surface area (Å²) in [6.45, 7) is 3.63. The van der Waals surface area contributed by atoms with Crippen LogP contribution in [0.15, 0.2) is 42.6 Å². The number of hydrogen-bond donors (Lipinski definition) is 3. The van der Waals surface area contributed by atoms with E-state index in [2.05, 4.69) is 20.9 Å². The van der Waals surface area contributed by atoms with Crippen molar-refractivity contribution in [3.8, 4) is 0 Å². The third-order valence-electron chi connectivity index (χ3n) is 4.24. The van der Waals surface area contributed by atoms with E-state index in [9.17, 15) is 9.59 Å². The molecule has 3 N–H and O–H groups in total. The van der Waals surface area contributed by atoms with Gasteiger partial charge < -0.3 is 20.7 Å². The van der Waals surface area contributed by atoms with Crippen LogP contribution in [0.4, 0.5) is 11.4 Å². The van der Waals surface area contributed by atoms with E-state index in [1.54, 1.807) is 12.3 Å². The zero-order valence-corrected chi connectivity index (χ0v) is 15.3. The van der Waals surface area contributed by atoms with Gasteiger partial charge in [-0.05, 0) is 49.6 Å². The second-order valence-electron chi connectivity index (χ2n) is 6.33. The SMILES string of the molecule is CCNC(=O)c1cc(NCc2cccc(NC(=O)[C@H]3CCCO3)c2)ccn1. The minimum atomic E-state index is -0.351. The number of benzene rings is 1. The Hall–Kier alpha value is -2.93. The summed E-state index contributed by atoms with van der Waals surface area (Å²) in [5.74, 6) is -0.293. The summed E-state index contributed by atoms with van der Waals surface area (Å²) in [7, 11) is 0. The first kappa shape index (κ1) is 18.8. The molecule has 1 fully saturated rings. The number of nitrogens with one attached hydrogen (secondary N) is 3. The highest BCUT2D eigenvalue weighted by atomic mass is 16.5. The van der Waals surface area contributed by atoms with Gasteiger partial charge in [-0.3, -0.25) is 14.6 Å². The topological polar surface area (TPSA) is 92.4 Å². The molecule has 1 aliphatic rings. The normalized spacial score (nSPS) is 16.0. The van der Waals surface area contributed by atoms with Crippen molar-refractivity contribution >= 4 is 23.2 Å². The van der Waals surface area contributed by atoms with Crippen molar-refractivity contribution in [3.63, 3.8) is 0 Å². The Morgan fingerprint density at radius 2 is 2.11 bits per heavy atom. The molecule has 1 atom stereocenters. The van der Waals surface area contributed by atoms with Crippen LogP contribution < -0.4 is 16.0 Å². The van der Waals surface area contributed by atoms with E-state index >= 15 is 0 Å². The highest BCUT2D eigenvalue weighted by Crippen LogP contribution is 2.17. The number of carbonyl (C=O) groups is 2. The molecule has 7 heteroatoms. The first-order valence-corrected chi connectivity index (χ1v) is 9.15. The first-order chi connectivity index (χ1) is 13.2. The Kier molecular flexibility index (Phi) is 6.38. The molecule has 7 nitrogen and oxygen atoms in total. The van der Waals surface area contributed by atoms with Gasteiger partial charge in [0.1, 0.15) is 11.8 Å². The maximum Gasteiger partial charge on any atom is 0.269 e. The van der Waals surface area contributed by atoms with Gasteiger partial charge in [0.05, 0.1) is 0 Å². The number of rotatable bonds is 7. The maximum atomic E-state index is 12.2. The predicted octanol–water partition coefficient (Wildman–Crippen LogP) is 2.56. The molecular weight excluding hydrogens is 344 g/mol. The molecular formula is C20H24N4O3. The van der Waals surface area contributed by atoms with Gasteiger partial charge in [0.2, 0.25) is 0 Å².